The first-order valence-corrected chi connectivity index (χ1v) is 14.3. The second kappa shape index (κ2) is 16.0. The molecule has 2 heterocycles. The molecule has 0 fully saturated rings. The Labute approximate surface area is 283 Å². The third-order valence-corrected chi connectivity index (χ3v) is 6.54. The van der Waals surface area contributed by atoms with Gasteiger partial charge in [-0.25, -0.2) is 38.0 Å². The van der Waals surface area contributed by atoms with E-state index in [2.05, 4.69) is 20.8 Å². The average Bonchev–Trinajstić information content (AvgIpc) is 3.01. The number of nitrogens with one attached hydrogen (secondary N) is 2. The highest BCUT2D eigenvalue weighted by molar-refractivity contribution is 6.33. The Kier molecular flexibility index (Phi) is 12.3. The van der Waals surface area contributed by atoms with Gasteiger partial charge in [0, 0.05) is 31.1 Å². The highest BCUT2D eigenvalue weighted by Gasteiger charge is 2.35. The zero-order valence-corrected chi connectivity index (χ0v) is 27.1. The zero-order chi connectivity index (χ0) is 37.5. The van der Waals surface area contributed by atoms with Gasteiger partial charge in [-0.1, -0.05) is 11.6 Å². The minimum Gasteiger partial charge on any atom is -0.478 e. The number of esters is 1. The van der Waals surface area contributed by atoms with Gasteiger partial charge in [-0.05, 0) is 63.2 Å². The smallest absolute Gasteiger partial charge is 0.431 e. The molecule has 19 heteroatoms. The number of halogens is 6. The number of pyridine rings is 1. The number of anilines is 1. The van der Waals surface area contributed by atoms with E-state index in [1.807, 2.05) is 0 Å². The van der Waals surface area contributed by atoms with Crippen LogP contribution in [0.5, 0.6) is 0 Å². The number of aromatic nitrogens is 3. The van der Waals surface area contributed by atoms with Crippen molar-refractivity contribution >= 4 is 41.0 Å². The van der Waals surface area contributed by atoms with Gasteiger partial charge in [0.2, 0.25) is 0 Å². The molecule has 0 saturated heterocycles. The molecule has 264 valence electrons. The normalized spacial score (nSPS) is 11.4. The molecule has 0 aliphatic heterocycles. The van der Waals surface area contributed by atoms with E-state index in [1.54, 1.807) is 13.8 Å². The monoisotopic (exact) mass is 724 g/mol. The molecule has 3 N–H and O–H groups in total. The van der Waals surface area contributed by atoms with Crippen LogP contribution in [0.2, 0.25) is 5.02 Å². The molecule has 2 aromatic carbocycles. The summed E-state index contributed by atoms with van der Waals surface area (Å²) in [6.45, 7) is 4.69. The van der Waals surface area contributed by atoms with Crippen molar-refractivity contribution < 1.29 is 46.2 Å². The molecule has 0 aliphatic carbocycles. The molecule has 13 nitrogen and oxygen atoms in total. The van der Waals surface area contributed by atoms with Gasteiger partial charge in [0.15, 0.2) is 0 Å². The minimum absolute atomic E-state index is 0.0104. The number of urea groups is 1. The molecule has 0 aliphatic rings. The fourth-order valence-corrected chi connectivity index (χ4v) is 4.26. The molecule has 4 aromatic rings. The van der Waals surface area contributed by atoms with Crippen molar-refractivity contribution in [3.8, 4) is 5.69 Å². The topological polar surface area (TPSA) is 174 Å². The number of carboxylic acid groups (broad SMARTS) is 1. The second-order valence-electron chi connectivity index (χ2n) is 10.3. The Morgan fingerprint density at radius 1 is 1.00 bits per heavy atom. The summed E-state index contributed by atoms with van der Waals surface area (Å²) in [5.74, 6) is -3.66. The molecular formula is C31H26ClF5N6O7. The Morgan fingerprint density at radius 3 is 2.22 bits per heavy atom. The van der Waals surface area contributed by atoms with Crippen molar-refractivity contribution in [2.45, 2.75) is 33.1 Å². The van der Waals surface area contributed by atoms with Gasteiger partial charge in [-0.3, -0.25) is 14.3 Å². The van der Waals surface area contributed by atoms with Crippen LogP contribution in [0.3, 0.4) is 0 Å². The highest BCUT2D eigenvalue weighted by atomic mass is 35.5. The number of hydrazone groups is 1. The number of amides is 2. The molecule has 0 saturated carbocycles. The van der Waals surface area contributed by atoms with Gasteiger partial charge in [-0.15, -0.1) is 0 Å². The molecule has 2 aromatic heterocycles. The van der Waals surface area contributed by atoms with Crippen molar-refractivity contribution in [2.24, 2.45) is 12.1 Å². The van der Waals surface area contributed by atoms with E-state index < -0.39 is 58.8 Å². The molecule has 0 unspecified atom stereocenters. The van der Waals surface area contributed by atoms with Crippen molar-refractivity contribution in [1.82, 2.24) is 19.5 Å². The van der Waals surface area contributed by atoms with Crippen LogP contribution in [0.1, 0.15) is 52.9 Å². The maximum Gasteiger partial charge on any atom is 0.431 e. The zero-order valence-electron chi connectivity index (χ0n) is 26.3. The summed E-state index contributed by atoms with van der Waals surface area (Å²) in [7, 11) is 0.894. The molecule has 2 amide bonds. The highest BCUT2D eigenvalue weighted by Crippen LogP contribution is 2.27. The second-order valence-corrected chi connectivity index (χ2v) is 10.7. The van der Waals surface area contributed by atoms with Crippen molar-refractivity contribution in [2.75, 3.05) is 5.32 Å². The fourth-order valence-electron chi connectivity index (χ4n) is 4.06. The Hall–Kier alpha value is -5.91. The predicted molar refractivity (Wildman–Crippen MR) is 170 cm³/mol. The third kappa shape index (κ3) is 9.82. The van der Waals surface area contributed by atoms with Gasteiger partial charge in [0.25, 0.3) is 5.56 Å². The standard InChI is InChI=1S/C16H14ClF3N2O4.C15H12F2N4O3/c1-8(2)26-14(24)10-6-9(4-5-11(10)17)22-13(23)7-12(16(18,19)20)21(3)15(22)25;1-8(13-12(14(22)23)3-2-4-18-13)20-21-15(24)19-11-6-9(16)5-10(17)7-11/h4-8H,1-3H3;2-7H,1H3,(H,22,23)(H2,19,21,24)/b;20-8+. The van der Waals surface area contributed by atoms with Crippen LogP contribution in [0.15, 0.2) is 75.5 Å². The Bertz CT molecular complexity index is 2080. The van der Waals surface area contributed by atoms with E-state index in [1.165, 1.54) is 37.4 Å². The van der Waals surface area contributed by atoms with E-state index in [0.717, 1.165) is 25.2 Å². The molecule has 0 bridgehead atoms. The molecular weight excluding hydrogens is 699 g/mol. The van der Waals surface area contributed by atoms with Crippen LogP contribution in [0, 0.1) is 11.6 Å². The predicted octanol–water partition coefficient (Wildman–Crippen LogP) is 5.38. The first kappa shape index (κ1) is 38.5. The number of carbonyl (C=O) groups is 3. The average molecular weight is 725 g/mol. The molecule has 0 atom stereocenters. The van der Waals surface area contributed by atoms with Gasteiger partial charge >= 0.3 is 29.8 Å². The van der Waals surface area contributed by atoms with Crippen LogP contribution in [-0.2, 0) is 18.0 Å². The molecule has 50 heavy (non-hydrogen) atoms. The summed E-state index contributed by atoms with van der Waals surface area (Å²) in [6.07, 6.45) is -3.92. The largest absolute Gasteiger partial charge is 0.478 e. The number of carboxylic acids is 1. The van der Waals surface area contributed by atoms with Gasteiger partial charge in [0.1, 0.15) is 23.0 Å². The number of nitrogens with zero attached hydrogens (tertiary/aromatic N) is 4. The van der Waals surface area contributed by atoms with Gasteiger partial charge in [0.05, 0.1) is 33.7 Å². The lowest BCUT2D eigenvalue weighted by atomic mass is 10.1. The third-order valence-electron chi connectivity index (χ3n) is 6.21. The quantitative estimate of drug-likeness (QED) is 0.0987. The minimum atomic E-state index is -4.86. The summed E-state index contributed by atoms with van der Waals surface area (Å²) in [5, 5.41) is 15.0. The summed E-state index contributed by atoms with van der Waals surface area (Å²) in [6, 6.07) is 8.39. The summed E-state index contributed by atoms with van der Waals surface area (Å²) in [4.78, 5) is 63.1. The lowest BCUT2D eigenvalue weighted by Gasteiger charge is -2.15. The summed E-state index contributed by atoms with van der Waals surface area (Å²) < 4.78 is 70.6. The number of carbonyl (C=O) groups excluding carboxylic acids is 2. The van der Waals surface area contributed by atoms with E-state index in [-0.39, 0.29) is 38.9 Å². The van der Waals surface area contributed by atoms with E-state index in [9.17, 15) is 45.9 Å². The summed E-state index contributed by atoms with van der Waals surface area (Å²) in [5.41, 5.74) is -1.85. The van der Waals surface area contributed by atoms with Crippen LogP contribution in [0.4, 0.5) is 32.4 Å². The van der Waals surface area contributed by atoms with Crippen LogP contribution < -0.4 is 22.0 Å². The van der Waals surface area contributed by atoms with Gasteiger partial charge < -0.3 is 15.2 Å². The van der Waals surface area contributed by atoms with E-state index in [0.29, 0.717) is 21.3 Å². The number of aromatic carboxylic acids is 1. The van der Waals surface area contributed by atoms with Crippen LogP contribution in [0.25, 0.3) is 5.69 Å². The fraction of sp³-hybridized carbons (Fsp3) is 0.194. The lowest BCUT2D eigenvalue weighted by molar-refractivity contribution is -0.144. The molecule has 4 rings (SSSR count). The van der Waals surface area contributed by atoms with Crippen LogP contribution >= 0.6 is 11.6 Å². The van der Waals surface area contributed by atoms with Crippen molar-refractivity contribution in [1.29, 1.82) is 0 Å². The molecule has 0 radical (unpaired) electrons. The lowest BCUT2D eigenvalue weighted by Crippen LogP contribution is -2.40. The first-order chi connectivity index (χ1) is 23.3. The number of hydrogen-bond donors (Lipinski definition) is 3. The number of hydrogen-bond acceptors (Lipinski definition) is 8. The number of ether oxygens (including phenoxy) is 1. The maximum atomic E-state index is 13.0. The first-order valence-electron chi connectivity index (χ1n) is 14.0. The summed E-state index contributed by atoms with van der Waals surface area (Å²) >= 11 is 5.94. The Balaban J connectivity index is 0.000000271. The van der Waals surface area contributed by atoms with Crippen LogP contribution in [-0.4, -0.2) is 49.0 Å². The SMILES string of the molecule is C/C(=N\NC(=O)Nc1cc(F)cc(F)c1)c1ncccc1C(=O)O.CC(C)OC(=O)c1cc(-n2c(=O)cc(C(F)(F)F)n(C)c2=O)ccc1Cl. The number of alkyl halides is 3. The van der Waals surface area contributed by atoms with Gasteiger partial charge in [-0.2, -0.15) is 18.3 Å². The van der Waals surface area contributed by atoms with E-state index in [4.69, 9.17) is 21.4 Å². The van der Waals surface area contributed by atoms with E-state index >= 15 is 0 Å². The van der Waals surface area contributed by atoms with Crippen molar-refractivity contribution in [3.63, 3.8) is 0 Å². The van der Waals surface area contributed by atoms with Crippen molar-refractivity contribution in [3.05, 3.63) is 121 Å². The number of rotatable bonds is 7. The molecule has 0 spiro atoms. The maximum absolute atomic E-state index is 13.0. The Morgan fingerprint density at radius 2 is 1.64 bits per heavy atom. The number of benzene rings is 2.